The van der Waals surface area contributed by atoms with Crippen LogP contribution in [0, 0.1) is 0 Å². The number of nitrogens with one attached hydrogen (secondary N) is 1. The number of hydrogen-bond acceptors (Lipinski definition) is 3. The van der Waals surface area contributed by atoms with Crippen LogP contribution in [0.3, 0.4) is 0 Å². The molecular formula is C14H20N4O. The van der Waals surface area contributed by atoms with Crippen LogP contribution in [-0.2, 0) is 17.9 Å². The smallest absolute Gasteiger partial charge is 0.237 e. The zero-order valence-corrected chi connectivity index (χ0v) is 11.6. The molecule has 0 radical (unpaired) electrons. The topological polar surface area (TPSA) is 72.9 Å². The Hall–Kier alpha value is -1.88. The highest BCUT2D eigenvalue weighted by Crippen LogP contribution is 2.19. The van der Waals surface area contributed by atoms with Crippen LogP contribution < -0.4 is 11.1 Å². The van der Waals surface area contributed by atoms with Gasteiger partial charge >= 0.3 is 0 Å². The van der Waals surface area contributed by atoms with Crippen molar-refractivity contribution in [2.75, 3.05) is 0 Å². The lowest BCUT2D eigenvalue weighted by atomic mass is 10.1. The van der Waals surface area contributed by atoms with Crippen molar-refractivity contribution < 1.29 is 4.79 Å². The summed E-state index contributed by atoms with van der Waals surface area (Å²) in [6, 6.07) is 3.91. The van der Waals surface area contributed by atoms with Crippen LogP contribution >= 0.6 is 0 Å². The van der Waals surface area contributed by atoms with Crippen molar-refractivity contribution in [3.8, 4) is 0 Å². The third-order valence-corrected chi connectivity index (χ3v) is 2.85. The third-order valence-electron chi connectivity index (χ3n) is 2.85. The van der Waals surface area contributed by atoms with Gasteiger partial charge in [-0.05, 0) is 38.5 Å². The molecule has 0 unspecified atom stereocenters. The van der Waals surface area contributed by atoms with Crippen LogP contribution in [0.2, 0.25) is 0 Å². The highest BCUT2D eigenvalue weighted by Gasteiger charge is 2.13. The Morgan fingerprint density at radius 3 is 2.84 bits per heavy atom. The summed E-state index contributed by atoms with van der Waals surface area (Å²) < 4.78 is 1.80. The summed E-state index contributed by atoms with van der Waals surface area (Å²) in [5, 5.41) is 4.50. The molecule has 2 rings (SSSR count). The number of amides is 1. The number of primary amides is 1. The van der Waals surface area contributed by atoms with E-state index in [-0.39, 0.29) is 18.0 Å². The summed E-state index contributed by atoms with van der Waals surface area (Å²) in [7, 11) is 0. The Morgan fingerprint density at radius 1 is 1.47 bits per heavy atom. The number of nitrogens with zero attached hydrogens (tertiary/aromatic N) is 2. The maximum Gasteiger partial charge on any atom is 0.237 e. The van der Waals surface area contributed by atoms with Crippen LogP contribution in [0.5, 0.6) is 0 Å². The molecule has 2 aromatic heterocycles. The Bertz CT molecular complexity index is 595. The number of aromatic nitrogens is 2. The van der Waals surface area contributed by atoms with Gasteiger partial charge in [-0.1, -0.05) is 0 Å². The molecule has 0 aromatic carbocycles. The minimum atomic E-state index is -0.363. The van der Waals surface area contributed by atoms with Crippen LogP contribution in [0.1, 0.15) is 26.3 Å². The molecule has 1 amide bonds. The van der Waals surface area contributed by atoms with Gasteiger partial charge in [0.1, 0.15) is 12.2 Å². The van der Waals surface area contributed by atoms with E-state index in [1.165, 1.54) is 0 Å². The first-order chi connectivity index (χ1) is 8.87. The Morgan fingerprint density at radius 2 is 2.21 bits per heavy atom. The standard InChI is InChI=1S/C14H20N4O/c1-14(2,3)17-7-10-8-18(9-12(15)19)13-11(10)5-4-6-16-13/h4-6,8,17H,7,9H2,1-3H3,(H2,15,19). The van der Waals surface area contributed by atoms with Crippen molar-refractivity contribution in [1.29, 1.82) is 0 Å². The molecule has 3 N–H and O–H groups in total. The fourth-order valence-corrected chi connectivity index (χ4v) is 1.98. The largest absolute Gasteiger partial charge is 0.368 e. The zero-order valence-electron chi connectivity index (χ0n) is 11.6. The van der Waals surface area contributed by atoms with Crippen LogP contribution in [0.4, 0.5) is 0 Å². The summed E-state index contributed by atoms with van der Waals surface area (Å²) in [5.74, 6) is -0.363. The van der Waals surface area contributed by atoms with Gasteiger partial charge in [0.2, 0.25) is 5.91 Å². The molecule has 19 heavy (non-hydrogen) atoms. The normalized spacial score (nSPS) is 11.9. The van der Waals surface area contributed by atoms with Crippen molar-refractivity contribution in [3.05, 3.63) is 30.1 Å². The van der Waals surface area contributed by atoms with Crippen LogP contribution in [-0.4, -0.2) is 21.0 Å². The molecule has 0 fully saturated rings. The number of nitrogens with two attached hydrogens (primary N) is 1. The van der Waals surface area contributed by atoms with Gasteiger partial charge in [0.25, 0.3) is 0 Å². The number of carbonyl (C=O) groups excluding carboxylic acids is 1. The van der Waals surface area contributed by atoms with Gasteiger partial charge in [0.05, 0.1) is 0 Å². The van der Waals surface area contributed by atoms with E-state index in [9.17, 15) is 4.79 Å². The van der Waals surface area contributed by atoms with Crippen molar-refractivity contribution in [2.24, 2.45) is 5.73 Å². The first kappa shape index (κ1) is 13.5. The van der Waals surface area contributed by atoms with Gasteiger partial charge in [0, 0.05) is 29.9 Å². The van der Waals surface area contributed by atoms with Gasteiger partial charge in [0.15, 0.2) is 0 Å². The monoisotopic (exact) mass is 260 g/mol. The number of carbonyl (C=O) groups is 1. The summed E-state index contributed by atoms with van der Waals surface area (Å²) in [5.41, 5.74) is 7.23. The average Bonchev–Trinajstić information content (AvgIpc) is 2.64. The van der Waals surface area contributed by atoms with Crippen molar-refractivity contribution in [1.82, 2.24) is 14.9 Å². The van der Waals surface area contributed by atoms with E-state index in [4.69, 9.17) is 5.73 Å². The quantitative estimate of drug-likeness (QED) is 0.873. The fourth-order valence-electron chi connectivity index (χ4n) is 1.98. The third kappa shape index (κ3) is 3.32. The maximum atomic E-state index is 11.1. The van der Waals surface area contributed by atoms with E-state index < -0.39 is 0 Å². The molecule has 0 spiro atoms. The molecule has 0 aliphatic carbocycles. The van der Waals surface area contributed by atoms with Crippen LogP contribution in [0.25, 0.3) is 11.0 Å². The van der Waals surface area contributed by atoms with Gasteiger partial charge < -0.3 is 15.6 Å². The second kappa shape index (κ2) is 5.01. The van der Waals surface area contributed by atoms with E-state index in [1.807, 2.05) is 18.3 Å². The maximum absolute atomic E-state index is 11.1. The summed E-state index contributed by atoms with van der Waals surface area (Å²) in [6.07, 6.45) is 3.67. The average molecular weight is 260 g/mol. The molecule has 0 bridgehead atoms. The minimum absolute atomic E-state index is 0.0420. The van der Waals surface area contributed by atoms with Crippen molar-refractivity contribution >= 4 is 16.9 Å². The van der Waals surface area contributed by atoms with E-state index in [0.29, 0.717) is 0 Å². The molecule has 5 heteroatoms. The lowest BCUT2D eigenvalue weighted by Gasteiger charge is -2.20. The zero-order chi connectivity index (χ0) is 14.0. The predicted octanol–water partition coefficient (Wildman–Crippen LogP) is 1.41. The van der Waals surface area contributed by atoms with Gasteiger partial charge in [-0.15, -0.1) is 0 Å². The Kier molecular flexibility index (Phi) is 3.57. The molecule has 102 valence electrons. The van der Waals surface area contributed by atoms with Crippen molar-refractivity contribution in [2.45, 2.75) is 39.4 Å². The number of hydrogen-bond donors (Lipinski definition) is 2. The lowest BCUT2D eigenvalue weighted by Crippen LogP contribution is -2.35. The van der Waals surface area contributed by atoms with E-state index >= 15 is 0 Å². The molecule has 5 nitrogen and oxygen atoms in total. The minimum Gasteiger partial charge on any atom is -0.368 e. The molecular weight excluding hydrogens is 240 g/mol. The van der Waals surface area contributed by atoms with Gasteiger partial charge in [-0.25, -0.2) is 4.98 Å². The highest BCUT2D eigenvalue weighted by atomic mass is 16.1. The van der Waals surface area contributed by atoms with Crippen molar-refractivity contribution in [3.63, 3.8) is 0 Å². The summed E-state index contributed by atoms with van der Waals surface area (Å²) in [4.78, 5) is 15.4. The molecule has 0 atom stereocenters. The van der Waals surface area contributed by atoms with E-state index in [2.05, 4.69) is 31.1 Å². The Balaban J connectivity index is 2.36. The molecule has 0 saturated carbocycles. The number of fused-ring (bicyclic) bond motifs is 1. The fraction of sp³-hybridized carbons (Fsp3) is 0.429. The summed E-state index contributed by atoms with van der Waals surface area (Å²) >= 11 is 0. The van der Waals surface area contributed by atoms with E-state index in [0.717, 1.165) is 23.1 Å². The lowest BCUT2D eigenvalue weighted by molar-refractivity contribution is -0.118. The second-order valence-corrected chi connectivity index (χ2v) is 5.73. The first-order valence-corrected chi connectivity index (χ1v) is 6.33. The van der Waals surface area contributed by atoms with E-state index in [1.54, 1.807) is 10.8 Å². The SMILES string of the molecule is CC(C)(C)NCc1cn(CC(N)=O)c2ncccc12. The molecule has 0 saturated heterocycles. The molecule has 0 aliphatic heterocycles. The number of pyridine rings is 1. The molecule has 0 aliphatic rings. The second-order valence-electron chi connectivity index (χ2n) is 5.73. The highest BCUT2D eigenvalue weighted by molar-refractivity contribution is 5.82. The number of rotatable bonds is 4. The Labute approximate surface area is 112 Å². The summed E-state index contributed by atoms with van der Waals surface area (Å²) in [6.45, 7) is 7.25. The molecule has 2 heterocycles. The van der Waals surface area contributed by atoms with Crippen LogP contribution in [0.15, 0.2) is 24.5 Å². The van der Waals surface area contributed by atoms with Gasteiger partial charge in [-0.3, -0.25) is 4.79 Å². The van der Waals surface area contributed by atoms with Gasteiger partial charge in [-0.2, -0.15) is 0 Å². The predicted molar refractivity (Wildman–Crippen MR) is 75.5 cm³/mol. The molecule has 2 aromatic rings. The first-order valence-electron chi connectivity index (χ1n) is 6.33.